The first kappa shape index (κ1) is 20.5. The molecule has 4 nitrogen and oxygen atoms in total. The highest BCUT2D eigenvalue weighted by Crippen LogP contribution is 2.29. The van der Waals surface area contributed by atoms with Gasteiger partial charge in [0.1, 0.15) is 5.75 Å². The van der Waals surface area contributed by atoms with Gasteiger partial charge in [-0.25, -0.2) is 0 Å². The molecular weight excluding hydrogens is 410 g/mol. The number of nitrogens with one attached hydrogen (secondary N) is 1. The zero-order valence-corrected chi connectivity index (χ0v) is 18.0. The average Bonchev–Trinajstić information content (AvgIpc) is 2.85. The number of hydrogen-bond acceptors (Lipinski definition) is 3. The van der Waals surface area contributed by atoms with E-state index in [0.29, 0.717) is 16.8 Å². The Balaban J connectivity index is 1.51. The molecule has 5 rings (SSSR count). The molecule has 5 aromatic rings. The Kier molecular flexibility index (Phi) is 5.11. The Hall–Kier alpha value is -4.44. The third kappa shape index (κ3) is 3.72. The highest BCUT2D eigenvalue weighted by Gasteiger charge is 2.18. The number of carbonyl (C=O) groups is 2. The van der Waals surface area contributed by atoms with Crippen LogP contribution in [0.2, 0.25) is 0 Å². The number of phenolic OH excluding ortho intramolecular Hbond substituents is 1. The largest absolute Gasteiger partial charge is 0.507 e. The first-order valence-electron chi connectivity index (χ1n) is 10.7. The molecule has 0 saturated heterocycles. The van der Waals surface area contributed by atoms with E-state index in [2.05, 4.69) is 5.32 Å². The van der Waals surface area contributed by atoms with Crippen LogP contribution in [0.5, 0.6) is 5.75 Å². The van der Waals surface area contributed by atoms with Gasteiger partial charge in [0.2, 0.25) is 0 Å². The first-order valence-corrected chi connectivity index (χ1v) is 10.7. The molecule has 0 heterocycles. The predicted molar refractivity (Wildman–Crippen MR) is 132 cm³/mol. The molecule has 0 atom stereocenters. The summed E-state index contributed by atoms with van der Waals surface area (Å²) in [7, 11) is 0. The van der Waals surface area contributed by atoms with E-state index in [4.69, 9.17) is 0 Å². The summed E-state index contributed by atoms with van der Waals surface area (Å²) in [5, 5.41) is 17.0. The smallest absolute Gasteiger partial charge is 0.259 e. The Labute approximate surface area is 191 Å². The molecule has 160 valence electrons. The van der Waals surface area contributed by atoms with Crippen molar-refractivity contribution in [2.75, 3.05) is 5.32 Å². The average molecular weight is 431 g/mol. The Morgan fingerprint density at radius 2 is 1.39 bits per heavy atom. The van der Waals surface area contributed by atoms with Crippen molar-refractivity contribution in [3.63, 3.8) is 0 Å². The second kappa shape index (κ2) is 8.24. The van der Waals surface area contributed by atoms with Crippen molar-refractivity contribution in [2.45, 2.75) is 6.92 Å². The third-order valence-corrected chi connectivity index (χ3v) is 5.93. The maximum Gasteiger partial charge on any atom is 0.259 e. The van der Waals surface area contributed by atoms with Gasteiger partial charge in [-0.05, 0) is 52.9 Å². The molecule has 33 heavy (non-hydrogen) atoms. The van der Waals surface area contributed by atoms with Crippen molar-refractivity contribution in [2.24, 2.45) is 0 Å². The van der Waals surface area contributed by atoms with Gasteiger partial charge in [0.25, 0.3) is 5.91 Å². The lowest BCUT2D eigenvalue weighted by Crippen LogP contribution is -2.14. The number of hydrogen-bond donors (Lipinski definition) is 2. The van der Waals surface area contributed by atoms with Crippen LogP contribution in [0.1, 0.15) is 31.8 Å². The molecule has 2 N–H and O–H groups in total. The van der Waals surface area contributed by atoms with Crippen LogP contribution < -0.4 is 5.32 Å². The first-order chi connectivity index (χ1) is 16.0. The molecule has 0 aliphatic rings. The van der Waals surface area contributed by atoms with Crippen LogP contribution in [-0.4, -0.2) is 16.8 Å². The fourth-order valence-electron chi connectivity index (χ4n) is 4.19. The normalized spacial score (nSPS) is 10.9. The van der Waals surface area contributed by atoms with Crippen molar-refractivity contribution in [3.8, 4) is 5.75 Å². The molecule has 0 aliphatic heterocycles. The third-order valence-electron chi connectivity index (χ3n) is 5.93. The SMILES string of the molecule is Cc1ccc(NC(=O)c2cc(C(=O)c3cccc4ccccc34)ccc2O)c2ccccc12. The van der Waals surface area contributed by atoms with Gasteiger partial charge in [-0.15, -0.1) is 0 Å². The van der Waals surface area contributed by atoms with E-state index in [1.807, 2.05) is 79.7 Å². The van der Waals surface area contributed by atoms with Crippen LogP contribution in [-0.2, 0) is 0 Å². The van der Waals surface area contributed by atoms with E-state index in [1.54, 1.807) is 6.07 Å². The lowest BCUT2D eigenvalue weighted by Gasteiger charge is -2.12. The Morgan fingerprint density at radius 3 is 2.21 bits per heavy atom. The quantitative estimate of drug-likeness (QED) is 0.320. The van der Waals surface area contributed by atoms with E-state index in [1.165, 1.54) is 18.2 Å². The van der Waals surface area contributed by atoms with Crippen molar-refractivity contribution >= 4 is 38.9 Å². The van der Waals surface area contributed by atoms with Gasteiger partial charge in [0.15, 0.2) is 5.78 Å². The predicted octanol–water partition coefficient (Wildman–Crippen LogP) is 6.49. The number of phenols is 1. The van der Waals surface area contributed by atoms with Gasteiger partial charge in [-0.3, -0.25) is 9.59 Å². The fraction of sp³-hybridized carbons (Fsp3) is 0.0345. The molecule has 0 aromatic heterocycles. The number of aryl methyl sites for hydroxylation is 1. The highest BCUT2D eigenvalue weighted by atomic mass is 16.3. The lowest BCUT2D eigenvalue weighted by atomic mass is 9.96. The maximum absolute atomic E-state index is 13.3. The summed E-state index contributed by atoms with van der Waals surface area (Å²) >= 11 is 0. The Morgan fingerprint density at radius 1 is 0.697 bits per heavy atom. The van der Waals surface area contributed by atoms with Crippen LogP contribution in [0.4, 0.5) is 5.69 Å². The number of fused-ring (bicyclic) bond motifs is 2. The summed E-state index contributed by atoms with van der Waals surface area (Å²) in [6.45, 7) is 2.02. The summed E-state index contributed by atoms with van der Waals surface area (Å²) in [5.74, 6) is -0.867. The molecule has 0 unspecified atom stereocenters. The van der Waals surface area contributed by atoms with Crippen molar-refractivity contribution in [1.82, 2.24) is 0 Å². The second-order valence-corrected chi connectivity index (χ2v) is 8.02. The van der Waals surface area contributed by atoms with Gasteiger partial charge < -0.3 is 10.4 Å². The lowest BCUT2D eigenvalue weighted by molar-refractivity contribution is 0.102. The van der Waals surface area contributed by atoms with Crippen LogP contribution in [0.3, 0.4) is 0 Å². The highest BCUT2D eigenvalue weighted by molar-refractivity contribution is 6.18. The number of carbonyl (C=O) groups excluding carboxylic acids is 2. The van der Waals surface area contributed by atoms with E-state index >= 15 is 0 Å². The molecule has 4 heteroatoms. The number of amides is 1. The monoisotopic (exact) mass is 431 g/mol. The maximum atomic E-state index is 13.3. The standard InChI is InChI=1S/C29H21NO3/c1-18-13-15-26(23-11-5-4-9-21(18)23)30-29(33)25-17-20(14-16-27(25)31)28(32)24-12-6-8-19-7-2-3-10-22(19)24/h2-17,31H,1H3,(H,30,33). The fourth-order valence-corrected chi connectivity index (χ4v) is 4.19. The van der Waals surface area contributed by atoms with Gasteiger partial charge in [0, 0.05) is 22.2 Å². The van der Waals surface area contributed by atoms with Crippen LogP contribution in [0, 0.1) is 6.92 Å². The minimum absolute atomic E-state index is 0.0470. The van der Waals surface area contributed by atoms with Gasteiger partial charge in [-0.2, -0.15) is 0 Å². The molecule has 0 saturated carbocycles. The number of anilines is 1. The summed E-state index contributed by atoms with van der Waals surface area (Å²) in [6.07, 6.45) is 0. The van der Waals surface area contributed by atoms with Crippen molar-refractivity contribution < 1.29 is 14.7 Å². The molecule has 1 amide bonds. The minimum Gasteiger partial charge on any atom is -0.507 e. The van der Waals surface area contributed by atoms with Crippen molar-refractivity contribution in [1.29, 1.82) is 0 Å². The molecule has 5 aromatic carbocycles. The topological polar surface area (TPSA) is 66.4 Å². The minimum atomic E-state index is -0.478. The molecule has 0 radical (unpaired) electrons. The van der Waals surface area contributed by atoms with E-state index < -0.39 is 5.91 Å². The molecule has 0 fully saturated rings. The Bertz CT molecular complexity index is 1550. The van der Waals surface area contributed by atoms with E-state index in [0.717, 1.165) is 27.1 Å². The molecule has 0 bridgehead atoms. The van der Waals surface area contributed by atoms with Crippen LogP contribution in [0.15, 0.2) is 97.1 Å². The summed E-state index contributed by atoms with van der Waals surface area (Å²) in [4.78, 5) is 26.4. The zero-order chi connectivity index (χ0) is 22.9. The number of rotatable bonds is 4. The molecule has 0 spiro atoms. The summed E-state index contributed by atoms with van der Waals surface area (Å²) in [6, 6.07) is 29.2. The van der Waals surface area contributed by atoms with E-state index in [9.17, 15) is 14.7 Å². The summed E-state index contributed by atoms with van der Waals surface area (Å²) < 4.78 is 0. The zero-order valence-electron chi connectivity index (χ0n) is 18.0. The number of ketones is 1. The van der Waals surface area contributed by atoms with E-state index in [-0.39, 0.29) is 17.1 Å². The number of aromatic hydroxyl groups is 1. The van der Waals surface area contributed by atoms with Gasteiger partial charge in [0.05, 0.1) is 5.56 Å². The molecular formula is C29H21NO3. The summed E-state index contributed by atoms with van der Waals surface area (Å²) in [5.41, 5.74) is 2.68. The van der Waals surface area contributed by atoms with Gasteiger partial charge in [-0.1, -0.05) is 72.8 Å². The van der Waals surface area contributed by atoms with Gasteiger partial charge >= 0.3 is 0 Å². The van der Waals surface area contributed by atoms with Crippen LogP contribution >= 0.6 is 0 Å². The second-order valence-electron chi connectivity index (χ2n) is 8.02. The molecule has 0 aliphatic carbocycles. The van der Waals surface area contributed by atoms with Crippen molar-refractivity contribution in [3.05, 3.63) is 119 Å². The van der Waals surface area contributed by atoms with Crippen LogP contribution in [0.25, 0.3) is 21.5 Å². The number of benzene rings is 5.